The molecule has 2 aromatic rings. The Bertz CT molecular complexity index is 844. The number of rotatable bonds is 5. The highest BCUT2D eigenvalue weighted by Gasteiger charge is 2.24. The summed E-state index contributed by atoms with van der Waals surface area (Å²) in [5.41, 5.74) is 1.20. The molecule has 1 heterocycles. The number of thiazole rings is 1. The van der Waals surface area contributed by atoms with E-state index in [9.17, 15) is 13.2 Å². The number of nitrogens with zero attached hydrogens (tertiary/aromatic N) is 3. The molecule has 0 bridgehead atoms. The molecule has 0 aliphatic carbocycles. The van der Waals surface area contributed by atoms with E-state index in [1.807, 2.05) is 0 Å². The van der Waals surface area contributed by atoms with E-state index < -0.39 is 10.0 Å². The Morgan fingerprint density at radius 2 is 1.79 bits per heavy atom. The van der Waals surface area contributed by atoms with Crippen LogP contribution in [0.2, 0.25) is 0 Å². The Hall–Kier alpha value is -2.13. The van der Waals surface area contributed by atoms with Gasteiger partial charge in [0.2, 0.25) is 10.0 Å². The van der Waals surface area contributed by atoms with Crippen LogP contribution in [0.25, 0.3) is 0 Å². The molecule has 0 spiro atoms. The molecule has 0 aliphatic rings. The highest BCUT2D eigenvalue weighted by Crippen LogP contribution is 2.29. The van der Waals surface area contributed by atoms with E-state index in [4.69, 9.17) is 4.74 Å². The van der Waals surface area contributed by atoms with Crippen molar-refractivity contribution in [1.29, 1.82) is 0 Å². The van der Waals surface area contributed by atoms with Crippen LogP contribution in [0.4, 0.5) is 10.8 Å². The van der Waals surface area contributed by atoms with Crippen molar-refractivity contribution in [2.24, 2.45) is 0 Å². The van der Waals surface area contributed by atoms with Gasteiger partial charge >= 0.3 is 0 Å². The molecule has 1 aromatic carbocycles. The number of carbonyl (C=O) groups is 1. The fourth-order valence-electron chi connectivity index (χ4n) is 1.93. The van der Waals surface area contributed by atoms with Crippen LogP contribution < -0.4 is 13.9 Å². The minimum atomic E-state index is -3.42. The summed E-state index contributed by atoms with van der Waals surface area (Å²) in [7, 11) is 1.22. The average Bonchev–Trinajstić information content (AvgIpc) is 2.93. The zero-order valence-electron chi connectivity index (χ0n) is 14.1. The Morgan fingerprint density at radius 1 is 1.21 bits per heavy atom. The van der Waals surface area contributed by atoms with Crippen molar-refractivity contribution in [2.75, 3.05) is 36.7 Å². The van der Waals surface area contributed by atoms with Gasteiger partial charge in [0.1, 0.15) is 10.6 Å². The number of sulfonamides is 1. The summed E-state index contributed by atoms with van der Waals surface area (Å²) in [6, 6.07) is 7.08. The Labute approximate surface area is 145 Å². The van der Waals surface area contributed by atoms with Gasteiger partial charge in [-0.15, -0.1) is 0 Å². The molecule has 0 atom stereocenters. The zero-order valence-corrected chi connectivity index (χ0v) is 15.7. The number of hydrogen-bond donors (Lipinski definition) is 0. The molecular formula is C15H19N3O4S2. The number of methoxy groups -OCH3 is 1. The fourth-order valence-corrected chi connectivity index (χ4v) is 3.69. The van der Waals surface area contributed by atoms with Gasteiger partial charge < -0.3 is 9.64 Å². The van der Waals surface area contributed by atoms with Gasteiger partial charge in [-0.25, -0.2) is 17.7 Å². The first-order chi connectivity index (χ1) is 11.1. The summed E-state index contributed by atoms with van der Waals surface area (Å²) >= 11 is 1.05. The summed E-state index contributed by atoms with van der Waals surface area (Å²) in [5, 5.41) is 0.265. The third-order valence-corrected chi connectivity index (χ3v) is 6.02. The van der Waals surface area contributed by atoms with E-state index in [1.54, 1.807) is 45.3 Å². The molecule has 130 valence electrons. The first-order valence-corrected chi connectivity index (χ1v) is 9.65. The average molecular weight is 369 g/mol. The maximum Gasteiger partial charge on any atom is 0.270 e. The van der Waals surface area contributed by atoms with E-state index in [1.165, 1.54) is 11.9 Å². The predicted octanol–water partition coefficient (Wildman–Crippen LogP) is 2.13. The predicted molar refractivity (Wildman–Crippen MR) is 95.8 cm³/mol. The van der Waals surface area contributed by atoms with Gasteiger partial charge in [0, 0.05) is 19.8 Å². The minimum absolute atomic E-state index is 0.247. The number of hydrogen-bond acceptors (Lipinski definition) is 6. The number of anilines is 2. The summed E-state index contributed by atoms with van der Waals surface area (Å²) in [6.45, 7) is 1.69. The third-order valence-electron chi connectivity index (χ3n) is 3.51. The monoisotopic (exact) mass is 369 g/mol. The van der Waals surface area contributed by atoms with Crippen molar-refractivity contribution >= 4 is 38.1 Å². The lowest BCUT2D eigenvalue weighted by Crippen LogP contribution is -2.26. The largest absolute Gasteiger partial charge is 0.497 e. The maximum atomic E-state index is 12.7. The van der Waals surface area contributed by atoms with E-state index in [-0.39, 0.29) is 11.0 Å². The number of aryl methyl sites for hydroxylation is 1. The molecule has 0 saturated carbocycles. The molecule has 7 nitrogen and oxygen atoms in total. The molecule has 0 N–H and O–H groups in total. The van der Waals surface area contributed by atoms with E-state index in [0.717, 1.165) is 21.9 Å². The van der Waals surface area contributed by atoms with Crippen molar-refractivity contribution < 1.29 is 17.9 Å². The number of benzene rings is 1. The first-order valence-electron chi connectivity index (χ1n) is 6.98. The normalized spacial score (nSPS) is 11.2. The molecule has 0 saturated heterocycles. The second-order valence-corrected chi connectivity index (χ2v) is 8.19. The highest BCUT2D eigenvalue weighted by molar-refractivity contribution is 7.92. The second kappa shape index (κ2) is 6.78. The van der Waals surface area contributed by atoms with Gasteiger partial charge in [0.05, 0.1) is 19.1 Å². The van der Waals surface area contributed by atoms with Crippen LogP contribution in [-0.4, -0.2) is 46.8 Å². The van der Waals surface area contributed by atoms with Crippen LogP contribution in [0.5, 0.6) is 5.75 Å². The molecule has 24 heavy (non-hydrogen) atoms. The van der Waals surface area contributed by atoms with E-state index in [0.29, 0.717) is 22.0 Å². The molecule has 0 fully saturated rings. The van der Waals surface area contributed by atoms with Crippen LogP contribution in [0.1, 0.15) is 15.4 Å². The van der Waals surface area contributed by atoms with Crippen molar-refractivity contribution in [3.8, 4) is 5.75 Å². The van der Waals surface area contributed by atoms with E-state index in [2.05, 4.69) is 4.98 Å². The summed E-state index contributed by atoms with van der Waals surface area (Å²) in [5.74, 6) is 0.453. The maximum absolute atomic E-state index is 12.7. The van der Waals surface area contributed by atoms with Crippen LogP contribution >= 0.6 is 11.3 Å². The number of aromatic nitrogens is 1. The van der Waals surface area contributed by atoms with Crippen LogP contribution in [0.3, 0.4) is 0 Å². The molecule has 0 aliphatic heterocycles. The standard InChI is InChI=1S/C15H19N3O4S2/c1-10-13(23-15(16-10)18(3)24(5,20)21)14(19)17(2)11-6-8-12(22-4)9-7-11/h6-9H,1-5H3. The summed E-state index contributed by atoms with van der Waals surface area (Å²) in [4.78, 5) is 18.8. The number of ether oxygens (including phenoxy) is 1. The Balaban J connectivity index is 2.30. The van der Waals surface area contributed by atoms with Gasteiger partial charge in [-0.05, 0) is 31.2 Å². The van der Waals surface area contributed by atoms with Crippen molar-refractivity contribution in [3.63, 3.8) is 0 Å². The lowest BCUT2D eigenvalue weighted by molar-refractivity contribution is 0.0996. The minimum Gasteiger partial charge on any atom is -0.497 e. The number of carbonyl (C=O) groups excluding carboxylic acids is 1. The smallest absolute Gasteiger partial charge is 0.270 e. The molecule has 0 unspecified atom stereocenters. The van der Waals surface area contributed by atoms with Crippen molar-refractivity contribution in [2.45, 2.75) is 6.92 Å². The van der Waals surface area contributed by atoms with Crippen LogP contribution in [0, 0.1) is 6.92 Å². The van der Waals surface area contributed by atoms with Gasteiger partial charge in [0.15, 0.2) is 5.13 Å². The number of amides is 1. The first kappa shape index (κ1) is 18.2. The van der Waals surface area contributed by atoms with Gasteiger partial charge in [0.25, 0.3) is 5.91 Å². The van der Waals surface area contributed by atoms with E-state index >= 15 is 0 Å². The summed E-state index contributed by atoms with van der Waals surface area (Å²) in [6.07, 6.45) is 1.09. The lowest BCUT2D eigenvalue weighted by Gasteiger charge is -2.17. The zero-order chi connectivity index (χ0) is 18.1. The highest BCUT2D eigenvalue weighted by atomic mass is 32.2. The SMILES string of the molecule is COc1ccc(N(C)C(=O)c2sc(N(C)S(C)(=O)=O)nc2C)cc1. The van der Waals surface area contributed by atoms with Crippen LogP contribution in [0.15, 0.2) is 24.3 Å². The molecule has 0 radical (unpaired) electrons. The Kier molecular flexibility index (Phi) is 5.14. The fraction of sp³-hybridized carbons (Fsp3) is 0.333. The third kappa shape index (κ3) is 3.68. The molecule has 1 aromatic heterocycles. The topological polar surface area (TPSA) is 79.8 Å². The molecule has 2 rings (SSSR count). The van der Waals surface area contributed by atoms with Gasteiger partial charge in [-0.1, -0.05) is 11.3 Å². The van der Waals surface area contributed by atoms with Gasteiger partial charge in [-0.2, -0.15) is 0 Å². The Morgan fingerprint density at radius 3 is 2.29 bits per heavy atom. The second-order valence-electron chi connectivity index (χ2n) is 5.20. The van der Waals surface area contributed by atoms with Crippen molar-refractivity contribution in [1.82, 2.24) is 4.98 Å². The molecule has 9 heteroatoms. The lowest BCUT2D eigenvalue weighted by atomic mass is 10.2. The molecular weight excluding hydrogens is 350 g/mol. The van der Waals surface area contributed by atoms with Crippen molar-refractivity contribution in [3.05, 3.63) is 34.8 Å². The van der Waals surface area contributed by atoms with Crippen LogP contribution in [-0.2, 0) is 10.0 Å². The molecule has 1 amide bonds. The quantitative estimate of drug-likeness (QED) is 0.807. The van der Waals surface area contributed by atoms with Gasteiger partial charge in [-0.3, -0.25) is 4.79 Å². The summed E-state index contributed by atoms with van der Waals surface area (Å²) < 4.78 is 29.4.